The van der Waals surface area contributed by atoms with E-state index in [4.69, 9.17) is 21.1 Å². The summed E-state index contributed by atoms with van der Waals surface area (Å²) >= 11 is 6.09. The molecule has 0 aromatic heterocycles. The van der Waals surface area contributed by atoms with E-state index < -0.39 is 0 Å². The molecular weight excluding hydrogens is 366 g/mol. The number of hydrogen-bond donors (Lipinski definition) is 3. The Hall–Kier alpha value is -2.28. The molecule has 2 aromatic carbocycles. The number of hydrogen-bond acceptors (Lipinski definition) is 5. The second-order valence-electron chi connectivity index (χ2n) is 6.30. The van der Waals surface area contributed by atoms with E-state index in [1.54, 1.807) is 7.11 Å². The summed E-state index contributed by atoms with van der Waals surface area (Å²) in [6.07, 6.45) is 0. The molecule has 0 spiro atoms. The van der Waals surface area contributed by atoms with Gasteiger partial charge in [-0.2, -0.15) is 0 Å². The fourth-order valence-electron chi connectivity index (χ4n) is 3.18. The van der Waals surface area contributed by atoms with Crippen LogP contribution >= 0.6 is 11.6 Å². The molecule has 0 bridgehead atoms. The molecule has 0 radical (unpaired) electrons. The van der Waals surface area contributed by atoms with Gasteiger partial charge in [-0.1, -0.05) is 29.8 Å². The first kappa shape index (κ1) is 19.5. The molecule has 1 amide bonds. The summed E-state index contributed by atoms with van der Waals surface area (Å²) in [6.45, 7) is 3.44. The molecule has 2 unspecified atom stereocenters. The van der Waals surface area contributed by atoms with Crippen molar-refractivity contribution in [2.24, 2.45) is 5.92 Å². The van der Waals surface area contributed by atoms with Gasteiger partial charge in [0.2, 0.25) is 5.91 Å². The van der Waals surface area contributed by atoms with Gasteiger partial charge < -0.3 is 14.8 Å². The summed E-state index contributed by atoms with van der Waals surface area (Å²) in [4.78, 5) is 12.7. The van der Waals surface area contributed by atoms with Crippen LogP contribution in [0.5, 0.6) is 11.5 Å². The van der Waals surface area contributed by atoms with Crippen molar-refractivity contribution in [2.75, 3.05) is 20.3 Å². The zero-order valence-electron chi connectivity index (χ0n) is 15.4. The van der Waals surface area contributed by atoms with Crippen molar-refractivity contribution in [1.29, 1.82) is 0 Å². The van der Waals surface area contributed by atoms with Crippen LogP contribution in [-0.2, 0) is 11.3 Å². The van der Waals surface area contributed by atoms with Crippen molar-refractivity contribution >= 4 is 17.5 Å². The summed E-state index contributed by atoms with van der Waals surface area (Å²) in [5, 5.41) is 3.67. The van der Waals surface area contributed by atoms with E-state index in [-0.39, 0.29) is 17.9 Å². The van der Waals surface area contributed by atoms with Crippen LogP contribution in [0, 0.1) is 5.92 Å². The first-order chi connectivity index (χ1) is 13.1. The third kappa shape index (κ3) is 4.71. The van der Waals surface area contributed by atoms with Crippen LogP contribution in [0.4, 0.5) is 0 Å². The summed E-state index contributed by atoms with van der Waals surface area (Å²) in [5.74, 6) is 1.10. The topological polar surface area (TPSA) is 71.6 Å². The van der Waals surface area contributed by atoms with Crippen molar-refractivity contribution in [2.45, 2.75) is 19.5 Å². The number of amides is 1. The standard InChI is InChI=1S/C20H24ClN3O3/c1-3-27-18-9-13(7-8-17(18)26-2)11-22-20(25)16-12-23-24-19(16)14-5-4-6-15(21)10-14/h4-10,16,19,23-24H,3,11-12H2,1-2H3,(H,22,25). The average molecular weight is 390 g/mol. The van der Waals surface area contributed by atoms with Crippen LogP contribution < -0.4 is 25.6 Å². The highest BCUT2D eigenvalue weighted by molar-refractivity contribution is 6.30. The van der Waals surface area contributed by atoms with Crippen molar-refractivity contribution in [3.05, 3.63) is 58.6 Å². The quantitative estimate of drug-likeness (QED) is 0.679. The number of methoxy groups -OCH3 is 1. The molecule has 3 N–H and O–H groups in total. The van der Waals surface area contributed by atoms with Crippen LogP contribution in [0.2, 0.25) is 5.02 Å². The molecule has 2 aromatic rings. The number of carbonyl (C=O) groups excluding carboxylic acids is 1. The molecule has 3 rings (SSSR count). The van der Waals surface area contributed by atoms with E-state index in [1.807, 2.05) is 49.4 Å². The average Bonchev–Trinajstić information content (AvgIpc) is 3.16. The number of nitrogens with one attached hydrogen (secondary N) is 3. The zero-order chi connectivity index (χ0) is 19.2. The Morgan fingerprint density at radius 1 is 1.26 bits per heavy atom. The molecular formula is C20H24ClN3O3. The molecule has 0 aliphatic carbocycles. The fourth-order valence-corrected chi connectivity index (χ4v) is 3.38. The van der Waals surface area contributed by atoms with Gasteiger partial charge in [0, 0.05) is 18.1 Å². The van der Waals surface area contributed by atoms with Gasteiger partial charge in [0.25, 0.3) is 0 Å². The van der Waals surface area contributed by atoms with E-state index in [9.17, 15) is 4.79 Å². The minimum absolute atomic E-state index is 0.0220. The molecule has 1 fully saturated rings. The Morgan fingerprint density at radius 2 is 2.11 bits per heavy atom. The Morgan fingerprint density at radius 3 is 2.85 bits per heavy atom. The summed E-state index contributed by atoms with van der Waals surface area (Å²) in [5.41, 5.74) is 8.17. The second kappa shape index (κ2) is 9.08. The van der Waals surface area contributed by atoms with Crippen LogP contribution in [-0.4, -0.2) is 26.2 Å². The van der Waals surface area contributed by atoms with Crippen molar-refractivity contribution in [3.8, 4) is 11.5 Å². The number of ether oxygens (including phenoxy) is 2. The number of rotatable bonds is 7. The van der Waals surface area contributed by atoms with E-state index >= 15 is 0 Å². The Bertz CT molecular complexity index is 800. The van der Waals surface area contributed by atoms with Gasteiger partial charge in [-0.3, -0.25) is 10.2 Å². The van der Waals surface area contributed by atoms with E-state index in [2.05, 4.69) is 16.2 Å². The minimum Gasteiger partial charge on any atom is -0.493 e. The maximum atomic E-state index is 12.7. The smallest absolute Gasteiger partial charge is 0.226 e. The highest BCUT2D eigenvalue weighted by Crippen LogP contribution is 2.29. The molecule has 1 aliphatic rings. The Labute approximate surface area is 164 Å². The third-order valence-corrected chi connectivity index (χ3v) is 4.76. The molecule has 144 valence electrons. The van der Waals surface area contributed by atoms with Crippen molar-refractivity contribution < 1.29 is 14.3 Å². The van der Waals surface area contributed by atoms with Crippen LogP contribution in [0.3, 0.4) is 0 Å². The minimum atomic E-state index is -0.229. The van der Waals surface area contributed by atoms with E-state index in [0.717, 1.165) is 11.1 Å². The highest BCUT2D eigenvalue weighted by Gasteiger charge is 2.33. The third-order valence-electron chi connectivity index (χ3n) is 4.52. The van der Waals surface area contributed by atoms with Gasteiger partial charge >= 0.3 is 0 Å². The molecule has 6 nitrogen and oxygen atoms in total. The summed E-state index contributed by atoms with van der Waals surface area (Å²) < 4.78 is 10.9. The summed E-state index contributed by atoms with van der Waals surface area (Å²) in [6, 6.07) is 13.1. The van der Waals surface area contributed by atoms with Gasteiger partial charge in [-0.25, -0.2) is 5.43 Å². The number of carbonyl (C=O) groups is 1. The lowest BCUT2D eigenvalue weighted by atomic mass is 9.94. The molecule has 1 aliphatic heterocycles. The molecule has 27 heavy (non-hydrogen) atoms. The number of halogens is 1. The van der Waals surface area contributed by atoms with Gasteiger partial charge in [-0.15, -0.1) is 0 Å². The monoisotopic (exact) mass is 389 g/mol. The van der Waals surface area contributed by atoms with E-state index in [0.29, 0.717) is 36.2 Å². The first-order valence-corrected chi connectivity index (χ1v) is 9.31. The lowest BCUT2D eigenvalue weighted by Gasteiger charge is -2.19. The molecule has 2 atom stereocenters. The predicted molar refractivity (Wildman–Crippen MR) is 105 cm³/mol. The zero-order valence-corrected chi connectivity index (χ0v) is 16.2. The lowest BCUT2D eigenvalue weighted by molar-refractivity contribution is -0.125. The maximum Gasteiger partial charge on any atom is 0.226 e. The summed E-state index contributed by atoms with van der Waals surface area (Å²) in [7, 11) is 1.61. The van der Waals surface area contributed by atoms with Gasteiger partial charge in [0.05, 0.1) is 25.7 Å². The number of benzene rings is 2. The maximum absolute atomic E-state index is 12.7. The van der Waals surface area contributed by atoms with Gasteiger partial charge in [-0.05, 0) is 42.3 Å². The largest absolute Gasteiger partial charge is 0.493 e. The van der Waals surface area contributed by atoms with Crippen LogP contribution in [0.25, 0.3) is 0 Å². The molecule has 0 saturated carbocycles. The van der Waals surface area contributed by atoms with Crippen LogP contribution in [0.1, 0.15) is 24.1 Å². The lowest BCUT2D eigenvalue weighted by Crippen LogP contribution is -2.34. The highest BCUT2D eigenvalue weighted by atomic mass is 35.5. The normalized spacial score (nSPS) is 18.9. The fraction of sp³-hybridized carbons (Fsp3) is 0.350. The molecule has 1 heterocycles. The van der Waals surface area contributed by atoms with Crippen molar-refractivity contribution in [3.63, 3.8) is 0 Å². The first-order valence-electron chi connectivity index (χ1n) is 8.93. The van der Waals surface area contributed by atoms with Gasteiger partial charge in [0.1, 0.15) is 0 Å². The Balaban J connectivity index is 1.66. The van der Waals surface area contributed by atoms with Crippen molar-refractivity contribution in [1.82, 2.24) is 16.2 Å². The van der Waals surface area contributed by atoms with E-state index in [1.165, 1.54) is 0 Å². The molecule has 7 heteroatoms. The second-order valence-corrected chi connectivity index (χ2v) is 6.74. The van der Waals surface area contributed by atoms with Gasteiger partial charge in [0.15, 0.2) is 11.5 Å². The Kier molecular flexibility index (Phi) is 6.55. The number of hydrazine groups is 1. The predicted octanol–water partition coefficient (Wildman–Crippen LogP) is 2.83. The van der Waals surface area contributed by atoms with Crippen LogP contribution in [0.15, 0.2) is 42.5 Å². The SMILES string of the molecule is CCOc1cc(CNC(=O)C2CNNC2c2cccc(Cl)c2)ccc1OC. The molecule has 1 saturated heterocycles.